The van der Waals surface area contributed by atoms with Crippen LogP contribution in [0.15, 0.2) is 42.5 Å². The average Bonchev–Trinajstić information content (AvgIpc) is 2.44. The van der Waals surface area contributed by atoms with Gasteiger partial charge in [0.1, 0.15) is 5.75 Å². The van der Waals surface area contributed by atoms with Crippen molar-refractivity contribution in [2.75, 3.05) is 0 Å². The molecule has 0 saturated carbocycles. The maximum atomic E-state index is 9.61. The number of aryl methyl sites for hydroxylation is 2. The second-order valence-electron chi connectivity index (χ2n) is 5.37. The molecule has 0 aliphatic carbocycles. The highest BCUT2D eigenvalue weighted by Gasteiger charge is 2.10. The van der Waals surface area contributed by atoms with E-state index in [-0.39, 0.29) is 5.92 Å². The minimum absolute atomic E-state index is 0.265. The lowest BCUT2D eigenvalue weighted by molar-refractivity contribution is 0.474. The van der Waals surface area contributed by atoms with Crippen molar-refractivity contribution in [2.45, 2.75) is 26.7 Å². The van der Waals surface area contributed by atoms with E-state index in [1.165, 1.54) is 5.56 Å². The van der Waals surface area contributed by atoms with Crippen molar-refractivity contribution in [2.24, 2.45) is 0 Å². The first-order chi connectivity index (χ1) is 10.0. The molecule has 1 unspecified atom stereocenters. The topological polar surface area (TPSA) is 44.0 Å². The minimum Gasteiger partial charge on any atom is -0.508 e. The van der Waals surface area contributed by atoms with Gasteiger partial charge in [0.25, 0.3) is 0 Å². The molecule has 2 heteroatoms. The zero-order valence-electron chi connectivity index (χ0n) is 12.6. The first kappa shape index (κ1) is 14.9. The Bertz CT molecular complexity index is 682. The Labute approximate surface area is 126 Å². The van der Waals surface area contributed by atoms with E-state index in [4.69, 9.17) is 5.26 Å². The summed E-state index contributed by atoms with van der Waals surface area (Å²) >= 11 is 0. The number of hydrogen-bond donors (Lipinski definition) is 1. The number of phenolic OH excluding ortho intramolecular Hbond substituents is 1. The lowest BCUT2D eigenvalue weighted by Crippen LogP contribution is -1.97. The number of nitrogens with zero attached hydrogens (tertiary/aromatic N) is 1. The maximum Gasteiger partial charge on any atom is 0.116 e. The number of benzene rings is 2. The normalized spacial score (nSPS) is 12.3. The summed E-state index contributed by atoms with van der Waals surface area (Å²) in [5.74, 6) is 0.582. The molecule has 0 aromatic heterocycles. The van der Waals surface area contributed by atoms with Crippen molar-refractivity contribution in [1.29, 1.82) is 5.26 Å². The second kappa shape index (κ2) is 6.28. The minimum atomic E-state index is 0.265. The Balaban J connectivity index is 2.23. The molecule has 0 aliphatic rings. The smallest absolute Gasteiger partial charge is 0.116 e. The molecular formula is C19H19NO. The van der Waals surface area contributed by atoms with Gasteiger partial charge in [-0.3, -0.25) is 0 Å². The zero-order valence-corrected chi connectivity index (χ0v) is 12.6. The number of rotatable bonds is 3. The molecule has 0 spiro atoms. The monoisotopic (exact) mass is 277 g/mol. The van der Waals surface area contributed by atoms with E-state index in [2.05, 4.69) is 25.1 Å². The Morgan fingerprint density at radius 2 is 1.67 bits per heavy atom. The van der Waals surface area contributed by atoms with Gasteiger partial charge in [-0.15, -0.1) is 0 Å². The molecule has 21 heavy (non-hydrogen) atoms. The molecule has 0 bridgehead atoms. The molecule has 2 nitrogen and oxygen atoms in total. The van der Waals surface area contributed by atoms with Crippen LogP contribution in [0.5, 0.6) is 5.75 Å². The van der Waals surface area contributed by atoms with Gasteiger partial charge in [0.15, 0.2) is 0 Å². The summed E-state index contributed by atoms with van der Waals surface area (Å²) in [6.07, 6.45) is 4.21. The lowest BCUT2D eigenvalue weighted by atomic mass is 9.91. The van der Waals surface area contributed by atoms with E-state index < -0.39 is 0 Å². The SMILES string of the molecule is Cc1cc(O)cc(C)c1C(C)/C=C/c1ccc(C#N)cc1. The molecule has 0 heterocycles. The van der Waals surface area contributed by atoms with Gasteiger partial charge in [-0.05, 0) is 66.3 Å². The Hall–Kier alpha value is -2.53. The molecule has 0 amide bonds. The predicted octanol–water partition coefficient (Wildman–Crippen LogP) is 4.70. The van der Waals surface area contributed by atoms with Crippen LogP contribution < -0.4 is 0 Å². The molecule has 0 fully saturated rings. The quantitative estimate of drug-likeness (QED) is 0.883. The third kappa shape index (κ3) is 3.52. The van der Waals surface area contributed by atoms with Gasteiger partial charge >= 0.3 is 0 Å². The molecule has 1 N–H and O–H groups in total. The first-order valence-electron chi connectivity index (χ1n) is 6.99. The number of phenols is 1. The Kier molecular flexibility index (Phi) is 4.45. The van der Waals surface area contributed by atoms with Gasteiger partial charge < -0.3 is 5.11 Å². The van der Waals surface area contributed by atoms with Gasteiger partial charge in [0.2, 0.25) is 0 Å². The molecule has 0 aliphatic heterocycles. The van der Waals surface area contributed by atoms with Crippen LogP contribution in [-0.2, 0) is 0 Å². The number of nitriles is 1. The van der Waals surface area contributed by atoms with E-state index in [0.29, 0.717) is 11.3 Å². The highest BCUT2D eigenvalue weighted by atomic mass is 16.3. The van der Waals surface area contributed by atoms with Gasteiger partial charge in [-0.25, -0.2) is 0 Å². The first-order valence-corrected chi connectivity index (χ1v) is 6.99. The van der Waals surface area contributed by atoms with Crippen LogP contribution in [0.25, 0.3) is 6.08 Å². The fourth-order valence-corrected chi connectivity index (χ4v) is 2.69. The van der Waals surface area contributed by atoms with Crippen LogP contribution in [0.3, 0.4) is 0 Å². The van der Waals surface area contributed by atoms with Gasteiger partial charge in [-0.1, -0.05) is 31.2 Å². The summed E-state index contributed by atoms with van der Waals surface area (Å²) in [7, 11) is 0. The van der Waals surface area contributed by atoms with E-state index in [1.54, 1.807) is 12.1 Å². The van der Waals surface area contributed by atoms with Crippen molar-refractivity contribution < 1.29 is 5.11 Å². The Morgan fingerprint density at radius 1 is 1.10 bits per heavy atom. The summed E-state index contributed by atoms with van der Waals surface area (Å²) < 4.78 is 0. The van der Waals surface area contributed by atoms with Gasteiger partial charge in [0.05, 0.1) is 11.6 Å². The lowest BCUT2D eigenvalue weighted by Gasteiger charge is -2.15. The third-order valence-electron chi connectivity index (χ3n) is 3.65. The standard InChI is InChI=1S/C19H19NO/c1-13(19-14(2)10-18(21)11-15(19)3)4-5-16-6-8-17(12-20)9-7-16/h4-11,13,21H,1-3H3/b5-4+. The molecule has 2 aromatic rings. The summed E-state index contributed by atoms with van der Waals surface area (Å²) in [6, 6.07) is 13.2. The van der Waals surface area contributed by atoms with Gasteiger partial charge in [0, 0.05) is 0 Å². The largest absolute Gasteiger partial charge is 0.508 e. The molecule has 106 valence electrons. The molecule has 1 atom stereocenters. The number of allylic oxidation sites excluding steroid dienone is 1. The summed E-state index contributed by atoms with van der Waals surface area (Å²) in [5.41, 5.74) is 5.20. The highest BCUT2D eigenvalue weighted by molar-refractivity contribution is 5.53. The highest BCUT2D eigenvalue weighted by Crippen LogP contribution is 2.28. The van der Waals surface area contributed by atoms with E-state index in [9.17, 15) is 5.11 Å². The van der Waals surface area contributed by atoms with E-state index in [1.807, 2.05) is 38.1 Å². The summed E-state index contributed by atoms with van der Waals surface area (Å²) in [6.45, 7) is 6.19. The van der Waals surface area contributed by atoms with Crippen molar-refractivity contribution in [1.82, 2.24) is 0 Å². The predicted molar refractivity (Wildman–Crippen MR) is 86.2 cm³/mol. The van der Waals surface area contributed by atoms with Crippen LogP contribution in [-0.4, -0.2) is 5.11 Å². The van der Waals surface area contributed by atoms with Crippen LogP contribution in [0.4, 0.5) is 0 Å². The average molecular weight is 277 g/mol. The number of aromatic hydroxyl groups is 1. The summed E-state index contributed by atoms with van der Waals surface area (Å²) in [4.78, 5) is 0. The zero-order chi connectivity index (χ0) is 15.4. The van der Waals surface area contributed by atoms with Crippen molar-refractivity contribution in [3.8, 4) is 11.8 Å². The maximum absolute atomic E-state index is 9.61. The molecule has 2 rings (SSSR count). The number of hydrogen-bond acceptors (Lipinski definition) is 2. The summed E-state index contributed by atoms with van der Waals surface area (Å²) in [5, 5.41) is 18.4. The Morgan fingerprint density at radius 3 is 2.19 bits per heavy atom. The molecule has 0 saturated heterocycles. The molecular weight excluding hydrogens is 258 g/mol. The van der Waals surface area contributed by atoms with Crippen molar-refractivity contribution >= 4 is 6.08 Å². The molecule has 0 radical (unpaired) electrons. The van der Waals surface area contributed by atoms with Crippen LogP contribution in [0.1, 0.15) is 40.7 Å². The molecule has 2 aromatic carbocycles. The fraction of sp³-hybridized carbons (Fsp3) is 0.211. The van der Waals surface area contributed by atoms with E-state index in [0.717, 1.165) is 16.7 Å². The van der Waals surface area contributed by atoms with Crippen molar-refractivity contribution in [3.63, 3.8) is 0 Å². The second-order valence-corrected chi connectivity index (χ2v) is 5.37. The van der Waals surface area contributed by atoms with E-state index >= 15 is 0 Å². The van der Waals surface area contributed by atoms with Gasteiger partial charge in [-0.2, -0.15) is 5.26 Å². The van der Waals surface area contributed by atoms with Crippen LogP contribution in [0, 0.1) is 25.2 Å². The van der Waals surface area contributed by atoms with Crippen LogP contribution >= 0.6 is 0 Å². The van der Waals surface area contributed by atoms with Crippen molar-refractivity contribution in [3.05, 3.63) is 70.3 Å². The fourth-order valence-electron chi connectivity index (χ4n) is 2.69. The third-order valence-corrected chi connectivity index (χ3v) is 3.65. The van der Waals surface area contributed by atoms with Crippen LogP contribution in [0.2, 0.25) is 0 Å².